The SMILES string of the molecule is COCCOCC(=O)N1CCC2(CCC(=O)N(Cc3cnc(C)cn3)C2)CC1. The molecule has 1 spiro atoms. The minimum atomic E-state index is 0.0321. The van der Waals surface area contributed by atoms with Crippen LogP contribution in [0.4, 0.5) is 0 Å². The van der Waals surface area contributed by atoms with Gasteiger partial charge in [-0.3, -0.25) is 19.6 Å². The zero-order chi connectivity index (χ0) is 20.0. The quantitative estimate of drug-likeness (QED) is 0.650. The fourth-order valence-electron chi connectivity index (χ4n) is 3.97. The molecule has 0 radical (unpaired) electrons. The summed E-state index contributed by atoms with van der Waals surface area (Å²) in [5, 5.41) is 0. The first kappa shape index (κ1) is 20.7. The Bertz CT molecular complexity index is 671. The number of aromatic nitrogens is 2. The third kappa shape index (κ3) is 5.26. The summed E-state index contributed by atoms with van der Waals surface area (Å²) in [6.45, 7) is 5.60. The summed E-state index contributed by atoms with van der Waals surface area (Å²) in [7, 11) is 1.61. The molecule has 154 valence electrons. The van der Waals surface area contributed by atoms with Gasteiger partial charge < -0.3 is 19.3 Å². The molecular formula is C20H30N4O4. The molecule has 2 aliphatic rings. The maximum Gasteiger partial charge on any atom is 0.248 e. The third-order valence-electron chi connectivity index (χ3n) is 5.77. The van der Waals surface area contributed by atoms with E-state index in [4.69, 9.17) is 9.47 Å². The van der Waals surface area contributed by atoms with Crippen molar-refractivity contribution in [1.82, 2.24) is 19.8 Å². The second kappa shape index (κ2) is 9.43. The molecule has 2 aliphatic heterocycles. The molecule has 1 aromatic heterocycles. The van der Waals surface area contributed by atoms with Gasteiger partial charge in [0.2, 0.25) is 11.8 Å². The second-order valence-corrected chi connectivity index (χ2v) is 7.83. The van der Waals surface area contributed by atoms with Gasteiger partial charge >= 0.3 is 0 Å². The van der Waals surface area contributed by atoms with Crippen LogP contribution in [0, 0.1) is 12.3 Å². The second-order valence-electron chi connectivity index (χ2n) is 7.83. The maximum absolute atomic E-state index is 12.4. The van der Waals surface area contributed by atoms with Crippen LogP contribution in [0.3, 0.4) is 0 Å². The van der Waals surface area contributed by atoms with E-state index < -0.39 is 0 Å². The van der Waals surface area contributed by atoms with Gasteiger partial charge in [0.15, 0.2) is 0 Å². The molecule has 28 heavy (non-hydrogen) atoms. The van der Waals surface area contributed by atoms with Crippen molar-refractivity contribution in [3.8, 4) is 0 Å². The van der Waals surface area contributed by atoms with Crippen molar-refractivity contribution in [2.24, 2.45) is 5.41 Å². The lowest BCUT2D eigenvalue weighted by atomic mass is 9.72. The number of piperidine rings is 2. The van der Waals surface area contributed by atoms with Crippen LogP contribution in [-0.2, 0) is 25.6 Å². The van der Waals surface area contributed by atoms with Crippen molar-refractivity contribution in [1.29, 1.82) is 0 Å². The number of ether oxygens (including phenoxy) is 2. The van der Waals surface area contributed by atoms with Gasteiger partial charge in [-0.05, 0) is 31.6 Å². The molecule has 3 heterocycles. The number of amides is 2. The van der Waals surface area contributed by atoms with Crippen molar-refractivity contribution >= 4 is 11.8 Å². The molecule has 0 N–H and O–H groups in total. The lowest BCUT2D eigenvalue weighted by Crippen LogP contribution is -2.52. The summed E-state index contributed by atoms with van der Waals surface area (Å²) in [5.74, 6) is 0.211. The maximum atomic E-state index is 12.4. The average Bonchev–Trinajstić information content (AvgIpc) is 2.70. The number of methoxy groups -OCH3 is 1. The number of nitrogens with zero attached hydrogens (tertiary/aromatic N) is 4. The van der Waals surface area contributed by atoms with Crippen molar-refractivity contribution in [3.05, 3.63) is 23.8 Å². The molecule has 0 bridgehead atoms. The van der Waals surface area contributed by atoms with Crippen LogP contribution >= 0.6 is 0 Å². The Hall–Kier alpha value is -2.06. The highest BCUT2D eigenvalue weighted by Crippen LogP contribution is 2.40. The third-order valence-corrected chi connectivity index (χ3v) is 5.77. The van der Waals surface area contributed by atoms with Gasteiger partial charge in [0.1, 0.15) is 6.61 Å². The van der Waals surface area contributed by atoms with E-state index in [1.165, 1.54) is 0 Å². The van der Waals surface area contributed by atoms with Gasteiger partial charge in [-0.15, -0.1) is 0 Å². The summed E-state index contributed by atoms with van der Waals surface area (Å²) in [6, 6.07) is 0. The van der Waals surface area contributed by atoms with Gasteiger partial charge in [0.25, 0.3) is 0 Å². The zero-order valence-corrected chi connectivity index (χ0v) is 16.9. The molecule has 8 heteroatoms. The Kier molecular flexibility index (Phi) is 6.96. The molecular weight excluding hydrogens is 360 g/mol. The standard InChI is InChI=1S/C20H30N4O4/c1-16-11-22-17(12-21-16)13-24-15-20(4-3-18(24)25)5-7-23(8-6-20)19(26)14-28-10-9-27-2/h11-12H,3-10,13-15H2,1-2H3. The molecule has 3 rings (SSSR count). The molecule has 0 unspecified atom stereocenters. The molecule has 2 fully saturated rings. The Morgan fingerprint density at radius 1 is 1.18 bits per heavy atom. The van der Waals surface area contributed by atoms with Crippen LogP contribution in [-0.4, -0.2) is 78.1 Å². The number of carbonyl (C=O) groups excluding carboxylic acids is 2. The first-order valence-corrected chi connectivity index (χ1v) is 9.91. The molecule has 0 saturated carbocycles. The van der Waals surface area contributed by atoms with Crippen molar-refractivity contribution in [3.63, 3.8) is 0 Å². The normalized spacial score (nSPS) is 19.3. The summed E-state index contributed by atoms with van der Waals surface area (Å²) >= 11 is 0. The van der Waals surface area contributed by atoms with E-state index >= 15 is 0 Å². The minimum Gasteiger partial charge on any atom is -0.382 e. The van der Waals surface area contributed by atoms with E-state index in [9.17, 15) is 9.59 Å². The topological polar surface area (TPSA) is 84.9 Å². The minimum absolute atomic E-state index is 0.0321. The molecule has 8 nitrogen and oxygen atoms in total. The van der Waals surface area contributed by atoms with Gasteiger partial charge in [-0.2, -0.15) is 0 Å². The molecule has 1 aromatic rings. The lowest BCUT2D eigenvalue weighted by molar-refractivity contribution is -0.145. The predicted molar refractivity (Wildman–Crippen MR) is 102 cm³/mol. The summed E-state index contributed by atoms with van der Waals surface area (Å²) in [6.07, 6.45) is 6.77. The van der Waals surface area contributed by atoms with Crippen LogP contribution in [0.1, 0.15) is 37.1 Å². The van der Waals surface area contributed by atoms with E-state index in [1.54, 1.807) is 19.5 Å². The zero-order valence-electron chi connectivity index (χ0n) is 16.9. The lowest BCUT2D eigenvalue weighted by Gasteiger charge is -2.47. The largest absolute Gasteiger partial charge is 0.382 e. The predicted octanol–water partition coefficient (Wildman–Crippen LogP) is 1.18. The number of likely N-dealkylation sites (tertiary alicyclic amines) is 2. The first-order chi connectivity index (χ1) is 13.5. The van der Waals surface area contributed by atoms with Crippen LogP contribution in [0.2, 0.25) is 0 Å². The summed E-state index contributed by atoms with van der Waals surface area (Å²) in [4.78, 5) is 37.2. The fourth-order valence-corrected chi connectivity index (χ4v) is 3.97. The van der Waals surface area contributed by atoms with Crippen LogP contribution < -0.4 is 0 Å². The molecule has 0 atom stereocenters. The van der Waals surface area contributed by atoms with Gasteiger partial charge in [0.05, 0.1) is 37.3 Å². The van der Waals surface area contributed by atoms with E-state index in [-0.39, 0.29) is 23.8 Å². The van der Waals surface area contributed by atoms with E-state index in [0.717, 1.165) is 50.3 Å². The first-order valence-electron chi connectivity index (χ1n) is 9.91. The fraction of sp³-hybridized carbons (Fsp3) is 0.700. The van der Waals surface area contributed by atoms with Crippen molar-refractivity contribution in [2.75, 3.05) is 46.6 Å². The summed E-state index contributed by atoms with van der Waals surface area (Å²) in [5.41, 5.74) is 1.78. The highest BCUT2D eigenvalue weighted by molar-refractivity contribution is 5.78. The van der Waals surface area contributed by atoms with Crippen molar-refractivity contribution < 1.29 is 19.1 Å². The number of hydrogen-bond donors (Lipinski definition) is 0. The van der Waals surface area contributed by atoms with Gasteiger partial charge in [-0.25, -0.2) is 0 Å². The Labute approximate surface area is 166 Å². The van der Waals surface area contributed by atoms with E-state index in [0.29, 0.717) is 26.2 Å². The number of carbonyl (C=O) groups is 2. The van der Waals surface area contributed by atoms with Crippen LogP contribution in [0.25, 0.3) is 0 Å². The van der Waals surface area contributed by atoms with Crippen LogP contribution in [0.5, 0.6) is 0 Å². The highest BCUT2D eigenvalue weighted by atomic mass is 16.5. The number of rotatable bonds is 7. The van der Waals surface area contributed by atoms with E-state index in [1.807, 2.05) is 16.7 Å². The smallest absolute Gasteiger partial charge is 0.248 e. The summed E-state index contributed by atoms with van der Waals surface area (Å²) < 4.78 is 10.3. The average molecular weight is 390 g/mol. The number of hydrogen-bond acceptors (Lipinski definition) is 6. The van der Waals surface area contributed by atoms with Gasteiger partial charge in [-0.1, -0.05) is 0 Å². The van der Waals surface area contributed by atoms with Gasteiger partial charge in [0, 0.05) is 39.4 Å². The molecule has 0 aliphatic carbocycles. The monoisotopic (exact) mass is 390 g/mol. The van der Waals surface area contributed by atoms with Crippen LogP contribution in [0.15, 0.2) is 12.4 Å². The van der Waals surface area contributed by atoms with Crippen molar-refractivity contribution in [2.45, 2.75) is 39.2 Å². The Morgan fingerprint density at radius 3 is 2.64 bits per heavy atom. The van der Waals surface area contributed by atoms with E-state index in [2.05, 4.69) is 9.97 Å². The molecule has 2 saturated heterocycles. The Balaban J connectivity index is 1.51. The molecule has 2 amide bonds. The highest BCUT2D eigenvalue weighted by Gasteiger charge is 2.41. The molecule has 0 aromatic carbocycles. The number of aryl methyl sites for hydroxylation is 1. The Morgan fingerprint density at radius 2 is 1.96 bits per heavy atom.